The van der Waals surface area contributed by atoms with Gasteiger partial charge in [0.2, 0.25) is 11.8 Å². The number of ether oxygens (including phenoxy) is 2. The van der Waals surface area contributed by atoms with Gasteiger partial charge in [-0.15, -0.1) is 5.10 Å². The highest BCUT2D eigenvalue weighted by Crippen LogP contribution is 2.47. The van der Waals surface area contributed by atoms with Gasteiger partial charge < -0.3 is 20.3 Å². The highest BCUT2D eigenvalue weighted by Gasteiger charge is 2.36. The third kappa shape index (κ3) is 3.68. The van der Waals surface area contributed by atoms with E-state index < -0.39 is 5.92 Å². The first-order chi connectivity index (χ1) is 16.1. The van der Waals surface area contributed by atoms with Crippen LogP contribution in [0, 0.1) is 11.3 Å². The lowest BCUT2D eigenvalue weighted by Crippen LogP contribution is -2.21. The topological polar surface area (TPSA) is 117 Å². The second-order valence-electron chi connectivity index (χ2n) is 8.63. The Morgan fingerprint density at radius 3 is 2.55 bits per heavy atom. The number of phenols is 1. The Kier molecular flexibility index (Phi) is 5.43. The lowest BCUT2D eigenvalue weighted by atomic mass is 9.82. The minimum Gasteiger partial charge on any atom is -0.504 e. The summed E-state index contributed by atoms with van der Waals surface area (Å²) in [4.78, 5) is 0. The molecule has 5 rings (SSSR count). The summed E-state index contributed by atoms with van der Waals surface area (Å²) in [6.45, 7) is 0. The number of nitrogens with zero attached hydrogens (tertiary/aromatic N) is 2. The summed E-state index contributed by atoms with van der Waals surface area (Å²) in [5.74, 6) is 0.813. The van der Waals surface area contributed by atoms with Gasteiger partial charge >= 0.3 is 0 Å². The van der Waals surface area contributed by atoms with E-state index in [2.05, 4.69) is 40.5 Å². The SMILES string of the molecule is COc1cc([C@@H]2C(C#N)=C(N)Oc3n[nH]c(-c4ccc(C5CCCCC5)cc4)c32)ccc1O. The molecule has 0 radical (unpaired) electrons. The van der Waals surface area contributed by atoms with Crippen molar-refractivity contribution in [3.63, 3.8) is 0 Å². The van der Waals surface area contributed by atoms with E-state index in [0.717, 1.165) is 22.4 Å². The maximum atomic E-state index is 10.1. The van der Waals surface area contributed by atoms with Crippen LogP contribution >= 0.6 is 0 Å². The van der Waals surface area contributed by atoms with Crippen molar-refractivity contribution in [2.45, 2.75) is 43.9 Å². The quantitative estimate of drug-likeness (QED) is 0.520. The monoisotopic (exact) mass is 442 g/mol. The van der Waals surface area contributed by atoms with Crippen LogP contribution in [0.1, 0.15) is 60.6 Å². The zero-order valence-electron chi connectivity index (χ0n) is 18.5. The Morgan fingerprint density at radius 1 is 1.12 bits per heavy atom. The molecule has 0 unspecified atom stereocenters. The summed E-state index contributed by atoms with van der Waals surface area (Å²) >= 11 is 0. The van der Waals surface area contributed by atoms with E-state index in [1.165, 1.54) is 44.8 Å². The molecule has 0 saturated heterocycles. The molecule has 3 aromatic rings. The first-order valence-electron chi connectivity index (χ1n) is 11.2. The van der Waals surface area contributed by atoms with Crippen molar-refractivity contribution in [2.24, 2.45) is 5.73 Å². The van der Waals surface area contributed by atoms with E-state index in [0.29, 0.717) is 17.5 Å². The number of H-pyrrole nitrogens is 1. The van der Waals surface area contributed by atoms with Gasteiger partial charge in [-0.3, -0.25) is 5.10 Å². The molecule has 1 aliphatic heterocycles. The molecule has 2 aliphatic rings. The molecule has 1 aliphatic carbocycles. The van der Waals surface area contributed by atoms with Crippen molar-refractivity contribution in [1.29, 1.82) is 5.26 Å². The molecule has 2 heterocycles. The number of aromatic hydroxyl groups is 1. The fourth-order valence-electron chi connectivity index (χ4n) is 5.03. The number of nitriles is 1. The average molecular weight is 443 g/mol. The smallest absolute Gasteiger partial charge is 0.244 e. The number of rotatable bonds is 4. The van der Waals surface area contributed by atoms with Gasteiger partial charge in [0, 0.05) is 5.56 Å². The number of hydrogen-bond donors (Lipinski definition) is 3. The predicted octanol–water partition coefficient (Wildman–Crippen LogP) is 5.06. The molecule has 168 valence electrons. The van der Waals surface area contributed by atoms with Crippen molar-refractivity contribution < 1.29 is 14.6 Å². The fraction of sp³-hybridized carbons (Fsp3) is 0.308. The number of nitrogens with one attached hydrogen (secondary N) is 1. The number of aromatic nitrogens is 2. The van der Waals surface area contributed by atoms with Gasteiger partial charge in [0.05, 0.1) is 24.3 Å². The zero-order valence-corrected chi connectivity index (χ0v) is 18.5. The summed E-state index contributed by atoms with van der Waals surface area (Å²) < 4.78 is 11.0. The molecule has 7 heteroatoms. The first-order valence-corrected chi connectivity index (χ1v) is 11.2. The van der Waals surface area contributed by atoms with Crippen LogP contribution < -0.4 is 15.2 Å². The molecule has 4 N–H and O–H groups in total. The number of phenolic OH excluding ortho intramolecular Hbond substituents is 1. The summed E-state index contributed by atoms with van der Waals surface area (Å²) in [6, 6.07) is 15.8. The summed E-state index contributed by atoms with van der Waals surface area (Å²) in [5.41, 5.74) is 11.0. The standard InChI is InChI=1S/C26H26N4O3/c1-32-21-13-18(11-12-20(21)31)22-19(14-27)25(28)33-26-23(22)24(29-30-26)17-9-7-16(8-10-17)15-5-3-2-4-6-15/h7-13,15,22,31H,2-6,28H2,1H3,(H,29,30)/t22-/m1/s1. The van der Waals surface area contributed by atoms with E-state index in [4.69, 9.17) is 15.2 Å². The molecule has 7 nitrogen and oxygen atoms in total. The molecule has 2 aromatic carbocycles. The maximum absolute atomic E-state index is 10.1. The van der Waals surface area contributed by atoms with Crippen molar-refractivity contribution in [1.82, 2.24) is 10.2 Å². The third-order valence-electron chi connectivity index (χ3n) is 6.75. The Labute approximate surface area is 192 Å². The Bertz CT molecular complexity index is 1250. The zero-order chi connectivity index (χ0) is 22.9. The van der Waals surface area contributed by atoms with Crippen LogP contribution in [0.15, 0.2) is 53.9 Å². The van der Waals surface area contributed by atoms with Gasteiger partial charge in [-0.25, -0.2) is 0 Å². The lowest BCUT2D eigenvalue weighted by Gasteiger charge is -2.25. The molecule has 1 atom stereocenters. The molecule has 0 amide bonds. The van der Waals surface area contributed by atoms with Gasteiger partial charge in [0.15, 0.2) is 11.5 Å². The van der Waals surface area contributed by atoms with Crippen molar-refractivity contribution in [2.75, 3.05) is 7.11 Å². The van der Waals surface area contributed by atoms with Crippen LogP contribution in [-0.2, 0) is 0 Å². The van der Waals surface area contributed by atoms with Crippen molar-refractivity contribution >= 4 is 0 Å². The van der Waals surface area contributed by atoms with Gasteiger partial charge in [0.1, 0.15) is 11.6 Å². The molecule has 0 bridgehead atoms. The molecule has 33 heavy (non-hydrogen) atoms. The largest absolute Gasteiger partial charge is 0.504 e. The second-order valence-corrected chi connectivity index (χ2v) is 8.63. The van der Waals surface area contributed by atoms with Crippen molar-refractivity contribution in [3.8, 4) is 34.7 Å². The van der Waals surface area contributed by atoms with Crippen LogP contribution in [0.5, 0.6) is 17.4 Å². The van der Waals surface area contributed by atoms with Crippen LogP contribution in [0.25, 0.3) is 11.3 Å². The minimum absolute atomic E-state index is 0.0211. The highest BCUT2D eigenvalue weighted by molar-refractivity contribution is 5.71. The van der Waals surface area contributed by atoms with Crippen LogP contribution in [0.3, 0.4) is 0 Å². The van der Waals surface area contributed by atoms with Gasteiger partial charge in [-0.05, 0) is 42.0 Å². The van der Waals surface area contributed by atoms with Crippen LogP contribution in [0.2, 0.25) is 0 Å². The lowest BCUT2D eigenvalue weighted by molar-refractivity contribution is 0.371. The van der Waals surface area contributed by atoms with Gasteiger partial charge in [-0.2, -0.15) is 5.26 Å². The Balaban J connectivity index is 1.58. The van der Waals surface area contributed by atoms with Crippen molar-refractivity contribution in [3.05, 3.63) is 70.6 Å². The molecule has 0 spiro atoms. The predicted molar refractivity (Wildman–Crippen MR) is 124 cm³/mol. The number of hydrogen-bond acceptors (Lipinski definition) is 6. The summed E-state index contributed by atoms with van der Waals surface area (Å²) in [6.07, 6.45) is 6.40. The Hall–Kier alpha value is -3.92. The van der Waals surface area contributed by atoms with E-state index in [1.807, 2.05) is 0 Å². The molecule has 1 aromatic heterocycles. The van der Waals surface area contributed by atoms with E-state index >= 15 is 0 Å². The molecule has 1 saturated carbocycles. The second kappa shape index (κ2) is 8.55. The molecular weight excluding hydrogens is 416 g/mol. The summed E-state index contributed by atoms with van der Waals surface area (Å²) in [5, 5.41) is 27.4. The van der Waals surface area contributed by atoms with E-state index in [-0.39, 0.29) is 17.2 Å². The molecular formula is C26H26N4O3. The number of nitrogens with two attached hydrogens (primary N) is 1. The number of benzene rings is 2. The number of allylic oxidation sites excluding steroid dienone is 1. The third-order valence-corrected chi connectivity index (χ3v) is 6.75. The number of methoxy groups -OCH3 is 1. The fourth-order valence-corrected chi connectivity index (χ4v) is 5.03. The highest BCUT2D eigenvalue weighted by atomic mass is 16.5. The first kappa shape index (κ1) is 21.0. The maximum Gasteiger partial charge on any atom is 0.244 e. The number of aromatic amines is 1. The van der Waals surface area contributed by atoms with E-state index in [1.54, 1.807) is 18.2 Å². The Morgan fingerprint density at radius 2 is 1.85 bits per heavy atom. The van der Waals surface area contributed by atoms with Gasteiger partial charge in [-0.1, -0.05) is 49.6 Å². The minimum atomic E-state index is -0.514. The van der Waals surface area contributed by atoms with Crippen LogP contribution in [-0.4, -0.2) is 22.4 Å². The average Bonchev–Trinajstić information content (AvgIpc) is 3.27. The number of fused-ring (bicyclic) bond motifs is 1. The van der Waals surface area contributed by atoms with Gasteiger partial charge in [0.25, 0.3) is 0 Å². The summed E-state index contributed by atoms with van der Waals surface area (Å²) in [7, 11) is 1.49. The van der Waals surface area contributed by atoms with E-state index in [9.17, 15) is 10.4 Å². The normalized spacial score (nSPS) is 18.4. The molecule has 1 fully saturated rings. The van der Waals surface area contributed by atoms with Crippen LogP contribution in [0.4, 0.5) is 0 Å².